The van der Waals surface area contributed by atoms with Gasteiger partial charge in [-0.2, -0.15) is 0 Å². The van der Waals surface area contributed by atoms with E-state index in [1.165, 1.54) is 58.2 Å². The van der Waals surface area contributed by atoms with Gasteiger partial charge in [0.15, 0.2) is 0 Å². The van der Waals surface area contributed by atoms with E-state index in [0.717, 1.165) is 16.7 Å². The molecule has 1 unspecified atom stereocenters. The van der Waals surface area contributed by atoms with Crippen LogP contribution in [0.4, 0.5) is 0 Å². The Balaban J connectivity index is 1.82. The fourth-order valence-electron chi connectivity index (χ4n) is 3.38. The summed E-state index contributed by atoms with van der Waals surface area (Å²) in [6, 6.07) is 0. The zero-order valence-electron chi connectivity index (χ0n) is 9.97. The molecule has 88 valence electrons. The van der Waals surface area contributed by atoms with Crippen molar-refractivity contribution in [2.24, 2.45) is 11.3 Å². The molecule has 0 aromatic rings. The Kier molecular flexibility index (Phi) is 4.11. The highest BCUT2D eigenvalue weighted by Gasteiger charge is 2.38. The smallest absolute Gasteiger partial charge is 0.00692 e. The molecule has 1 saturated carbocycles. The van der Waals surface area contributed by atoms with Gasteiger partial charge in [-0.05, 0) is 37.1 Å². The number of hydrogen-bond acceptors (Lipinski definition) is 1. The Hall–Kier alpha value is 0.440. The average Bonchev–Trinajstić information content (AvgIpc) is 2.62. The van der Waals surface area contributed by atoms with E-state index < -0.39 is 0 Å². The molecule has 0 aromatic heterocycles. The number of hydrogen-bond donors (Lipinski definition) is 0. The zero-order chi connectivity index (χ0) is 10.7. The molecule has 1 aliphatic carbocycles. The van der Waals surface area contributed by atoms with Crippen LogP contribution in [0.3, 0.4) is 0 Å². The number of likely N-dealkylation sites (tertiary alicyclic amines) is 1. The molecular weight excluding hydrogens is 250 g/mol. The number of alkyl halides is 1. The fourth-order valence-corrected chi connectivity index (χ4v) is 3.59. The van der Waals surface area contributed by atoms with E-state index in [0.29, 0.717) is 0 Å². The quantitative estimate of drug-likeness (QED) is 0.710. The van der Waals surface area contributed by atoms with Crippen molar-refractivity contribution in [1.29, 1.82) is 0 Å². The maximum atomic E-state index is 3.58. The van der Waals surface area contributed by atoms with E-state index in [2.05, 4.69) is 27.8 Å². The highest BCUT2D eigenvalue weighted by molar-refractivity contribution is 9.09. The van der Waals surface area contributed by atoms with Crippen LogP contribution >= 0.6 is 15.9 Å². The van der Waals surface area contributed by atoms with Crippen LogP contribution in [0.15, 0.2) is 0 Å². The van der Waals surface area contributed by atoms with Gasteiger partial charge in [-0.15, -0.1) is 0 Å². The molecular formula is C13H24BrN. The Morgan fingerprint density at radius 1 is 1.20 bits per heavy atom. The van der Waals surface area contributed by atoms with Crippen LogP contribution < -0.4 is 0 Å². The Morgan fingerprint density at radius 3 is 2.60 bits per heavy atom. The van der Waals surface area contributed by atoms with E-state index in [4.69, 9.17) is 0 Å². The molecule has 2 fully saturated rings. The van der Waals surface area contributed by atoms with Crippen molar-refractivity contribution >= 4 is 15.9 Å². The number of nitrogens with zero attached hydrogens (tertiary/aromatic N) is 1. The van der Waals surface area contributed by atoms with E-state index in [1.54, 1.807) is 0 Å². The van der Waals surface area contributed by atoms with Gasteiger partial charge in [-0.25, -0.2) is 0 Å². The van der Waals surface area contributed by atoms with E-state index in [9.17, 15) is 0 Å². The maximum Gasteiger partial charge on any atom is 0.00692 e. The largest absolute Gasteiger partial charge is 0.302 e. The standard InChI is InChI=1S/C13H24BrN/c1-12(9-14)10-15-8-7-13(11-15)5-3-2-4-6-13/h12H,2-11H2,1H3. The fraction of sp³-hybridized carbons (Fsp3) is 1.00. The second-order valence-electron chi connectivity index (χ2n) is 5.81. The SMILES string of the molecule is CC(CBr)CN1CCC2(CCCCC2)C1. The topological polar surface area (TPSA) is 3.24 Å². The Labute approximate surface area is 103 Å². The van der Waals surface area contributed by atoms with Crippen molar-refractivity contribution in [2.45, 2.75) is 45.4 Å². The highest BCUT2D eigenvalue weighted by atomic mass is 79.9. The molecule has 1 heterocycles. The second kappa shape index (κ2) is 5.18. The summed E-state index contributed by atoms with van der Waals surface area (Å²) in [5.41, 5.74) is 0.740. The van der Waals surface area contributed by atoms with E-state index in [-0.39, 0.29) is 0 Å². The molecule has 15 heavy (non-hydrogen) atoms. The van der Waals surface area contributed by atoms with Crippen LogP contribution in [0.1, 0.15) is 45.4 Å². The summed E-state index contributed by atoms with van der Waals surface area (Å²) in [6.45, 7) is 6.40. The normalized spacial score (nSPS) is 28.4. The van der Waals surface area contributed by atoms with Crippen molar-refractivity contribution in [3.63, 3.8) is 0 Å². The van der Waals surface area contributed by atoms with Gasteiger partial charge in [0.2, 0.25) is 0 Å². The van der Waals surface area contributed by atoms with Gasteiger partial charge in [-0.3, -0.25) is 0 Å². The van der Waals surface area contributed by atoms with Gasteiger partial charge in [0.1, 0.15) is 0 Å². The summed E-state index contributed by atoms with van der Waals surface area (Å²) in [4.78, 5) is 2.71. The van der Waals surface area contributed by atoms with Gasteiger partial charge < -0.3 is 4.90 Å². The summed E-state index contributed by atoms with van der Waals surface area (Å²) in [7, 11) is 0. The van der Waals surface area contributed by atoms with Crippen molar-refractivity contribution in [3.8, 4) is 0 Å². The molecule has 0 aromatic carbocycles. The first-order chi connectivity index (χ1) is 7.24. The first-order valence-corrected chi connectivity index (χ1v) is 7.65. The first-order valence-electron chi connectivity index (χ1n) is 6.52. The lowest BCUT2D eigenvalue weighted by Gasteiger charge is -2.33. The van der Waals surface area contributed by atoms with Crippen molar-refractivity contribution in [1.82, 2.24) is 4.90 Å². The van der Waals surface area contributed by atoms with Gasteiger partial charge >= 0.3 is 0 Å². The van der Waals surface area contributed by atoms with Gasteiger partial charge in [0, 0.05) is 18.4 Å². The van der Waals surface area contributed by atoms with Crippen LogP contribution in [-0.4, -0.2) is 29.9 Å². The first kappa shape index (κ1) is 11.9. The molecule has 2 rings (SSSR count). The number of rotatable bonds is 3. The summed E-state index contributed by atoms with van der Waals surface area (Å²) < 4.78 is 0. The van der Waals surface area contributed by atoms with Crippen molar-refractivity contribution in [2.75, 3.05) is 25.0 Å². The van der Waals surface area contributed by atoms with E-state index >= 15 is 0 Å². The van der Waals surface area contributed by atoms with Crippen molar-refractivity contribution < 1.29 is 0 Å². The van der Waals surface area contributed by atoms with Gasteiger partial charge in [-0.1, -0.05) is 42.1 Å². The molecule has 1 saturated heterocycles. The summed E-state index contributed by atoms with van der Waals surface area (Å²) in [6.07, 6.45) is 8.95. The lowest BCUT2D eigenvalue weighted by atomic mass is 9.73. The molecule has 2 heteroatoms. The van der Waals surface area contributed by atoms with E-state index in [1.807, 2.05) is 0 Å². The van der Waals surface area contributed by atoms with Crippen molar-refractivity contribution in [3.05, 3.63) is 0 Å². The minimum Gasteiger partial charge on any atom is -0.302 e. The Bertz CT molecular complexity index is 199. The van der Waals surface area contributed by atoms with Crippen LogP contribution in [0.25, 0.3) is 0 Å². The summed E-state index contributed by atoms with van der Waals surface area (Å²) in [5, 5.41) is 1.15. The van der Waals surface area contributed by atoms with Gasteiger partial charge in [0.25, 0.3) is 0 Å². The zero-order valence-corrected chi connectivity index (χ0v) is 11.6. The average molecular weight is 274 g/mol. The van der Waals surface area contributed by atoms with Crippen LogP contribution in [0.5, 0.6) is 0 Å². The van der Waals surface area contributed by atoms with Crippen LogP contribution in [-0.2, 0) is 0 Å². The third-order valence-corrected chi connectivity index (χ3v) is 5.37. The molecule has 0 N–H and O–H groups in total. The van der Waals surface area contributed by atoms with Crippen LogP contribution in [0.2, 0.25) is 0 Å². The second-order valence-corrected chi connectivity index (χ2v) is 6.45. The van der Waals surface area contributed by atoms with Crippen LogP contribution in [0, 0.1) is 11.3 Å². The monoisotopic (exact) mass is 273 g/mol. The molecule has 0 amide bonds. The minimum absolute atomic E-state index is 0.740. The maximum absolute atomic E-state index is 3.58. The molecule has 2 aliphatic rings. The minimum atomic E-state index is 0.740. The third-order valence-electron chi connectivity index (χ3n) is 4.26. The van der Waals surface area contributed by atoms with Gasteiger partial charge in [0.05, 0.1) is 0 Å². The third kappa shape index (κ3) is 2.97. The predicted molar refractivity (Wildman–Crippen MR) is 69.5 cm³/mol. The lowest BCUT2D eigenvalue weighted by molar-refractivity contribution is 0.180. The highest BCUT2D eigenvalue weighted by Crippen LogP contribution is 2.43. The summed E-state index contributed by atoms with van der Waals surface area (Å²) in [5.74, 6) is 0.809. The molecule has 1 aliphatic heterocycles. The molecule has 1 nitrogen and oxygen atoms in total. The molecule has 1 atom stereocenters. The molecule has 1 spiro atoms. The predicted octanol–water partition coefficient (Wildman–Crippen LogP) is 3.67. The lowest BCUT2D eigenvalue weighted by Crippen LogP contribution is -2.32. The molecule has 0 radical (unpaired) electrons. The summed E-state index contributed by atoms with van der Waals surface area (Å²) >= 11 is 3.58. The molecule has 0 bridgehead atoms. The Morgan fingerprint density at radius 2 is 1.93 bits per heavy atom. The number of halogens is 1.